The number of thiazole rings is 1. The number of fused-ring (bicyclic) bond motifs is 2. The van der Waals surface area contributed by atoms with Crippen molar-refractivity contribution < 1.29 is 14.7 Å². The minimum atomic E-state index is -0.840. The molecule has 136 valence electrons. The first kappa shape index (κ1) is 17.2. The standard InChI is InChI=1S/C20H22N2O3S/c1-2-11-3-5-12(6-4-11)15-10-26-20(21-15)22-18(23)16-13-7-8-14(9-13)17(16)19(24)25/h3-6,10,13-14,16-17H,2,7-9H2,1H3,(H,24,25)(H,21,22,23)/t13-,14+,16-,17+/m1/s1. The fraction of sp³-hybridized carbons (Fsp3) is 0.450. The van der Waals surface area contributed by atoms with Gasteiger partial charge in [0.15, 0.2) is 5.13 Å². The number of aromatic nitrogens is 1. The minimum absolute atomic E-state index is 0.150. The number of benzene rings is 1. The topological polar surface area (TPSA) is 79.3 Å². The van der Waals surface area contributed by atoms with Crippen LogP contribution in [0.3, 0.4) is 0 Å². The van der Waals surface area contributed by atoms with Crippen LogP contribution in [0.2, 0.25) is 0 Å². The lowest BCUT2D eigenvalue weighted by atomic mass is 9.79. The van der Waals surface area contributed by atoms with Gasteiger partial charge in [-0.15, -0.1) is 11.3 Å². The lowest BCUT2D eigenvalue weighted by molar-refractivity contribution is -0.148. The minimum Gasteiger partial charge on any atom is -0.481 e. The molecule has 2 aliphatic rings. The number of nitrogens with one attached hydrogen (secondary N) is 1. The molecule has 2 aromatic rings. The smallest absolute Gasteiger partial charge is 0.307 e. The lowest BCUT2D eigenvalue weighted by Gasteiger charge is -2.26. The molecule has 0 saturated heterocycles. The largest absolute Gasteiger partial charge is 0.481 e. The second-order valence-corrected chi connectivity index (χ2v) is 8.16. The highest BCUT2D eigenvalue weighted by atomic mass is 32.1. The van der Waals surface area contributed by atoms with Crippen molar-refractivity contribution in [2.75, 3.05) is 5.32 Å². The third-order valence-electron chi connectivity index (χ3n) is 5.90. The monoisotopic (exact) mass is 370 g/mol. The van der Waals surface area contributed by atoms with Crippen molar-refractivity contribution in [3.05, 3.63) is 35.2 Å². The fourth-order valence-electron chi connectivity index (χ4n) is 4.59. The van der Waals surface area contributed by atoms with Crippen molar-refractivity contribution in [3.8, 4) is 11.3 Å². The molecule has 1 aromatic carbocycles. The van der Waals surface area contributed by atoms with Gasteiger partial charge in [0.05, 0.1) is 17.5 Å². The van der Waals surface area contributed by atoms with Crippen molar-refractivity contribution in [1.82, 2.24) is 4.98 Å². The van der Waals surface area contributed by atoms with Gasteiger partial charge in [0, 0.05) is 10.9 Å². The molecule has 2 saturated carbocycles. The first-order valence-electron chi connectivity index (χ1n) is 9.15. The van der Waals surface area contributed by atoms with Gasteiger partial charge in [-0.1, -0.05) is 31.2 Å². The molecule has 6 heteroatoms. The Kier molecular flexibility index (Phi) is 4.53. The number of carbonyl (C=O) groups is 2. The Labute approximate surface area is 156 Å². The SMILES string of the molecule is CCc1ccc(-c2csc(NC(=O)[C@@H]3[C@@H]4CC[C@@H](C4)[C@@H]3C(=O)O)n2)cc1. The number of carbonyl (C=O) groups excluding carboxylic acids is 1. The van der Waals surface area contributed by atoms with Gasteiger partial charge in [-0.3, -0.25) is 9.59 Å². The zero-order valence-corrected chi connectivity index (χ0v) is 15.5. The van der Waals surface area contributed by atoms with E-state index in [0.717, 1.165) is 36.9 Å². The zero-order chi connectivity index (χ0) is 18.3. The summed E-state index contributed by atoms with van der Waals surface area (Å²) >= 11 is 1.38. The quantitative estimate of drug-likeness (QED) is 0.832. The van der Waals surface area contributed by atoms with E-state index >= 15 is 0 Å². The number of amides is 1. The van der Waals surface area contributed by atoms with Gasteiger partial charge in [0.25, 0.3) is 0 Å². The van der Waals surface area contributed by atoms with Crippen LogP contribution in [0.1, 0.15) is 31.7 Å². The second kappa shape index (κ2) is 6.83. The Hall–Kier alpha value is -2.21. The summed E-state index contributed by atoms with van der Waals surface area (Å²) in [6.45, 7) is 2.12. The van der Waals surface area contributed by atoms with E-state index in [2.05, 4.69) is 29.4 Å². The number of carboxylic acid groups (broad SMARTS) is 1. The van der Waals surface area contributed by atoms with Gasteiger partial charge in [-0.2, -0.15) is 0 Å². The van der Waals surface area contributed by atoms with Crippen LogP contribution in [0.25, 0.3) is 11.3 Å². The normalized spacial score (nSPS) is 26.8. The van der Waals surface area contributed by atoms with E-state index in [4.69, 9.17) is 0 Å². The highest BCUT2D eigenvalue weighted by molar-refractivity contribution is 7.14. The average Bonchev–Trinajstić information content (AvgIpc) is 3.37. The molecule has 2 N–H and O–H groups in total. The van der Waals surface area contributed by atoms with Crippen LogP contribution in [-0.2, 0) is 16.0 Å². The molecule has 0 spiro atoms. The molecule has 2 bridgehead atoms. The highest BCUT2D eigenvalue weighted by Crippen LogP contribution is 2.52. The van der Waals surface area contributed by atoms with Crippen LogP contribution in [0.5, 0.6) is 0 Å². The van der Waals surface area contributed by atoms with Crippen LogP contribution in [-0.4, -0.2) is 22.0 Å². The van der Waals surface area contributed by atoms with E-state index in [1.165, 1.54) is 16.9 Å². The van der Waals surface area contributed by atoms with Crippen molar-refractivity contribution in [2.45, 2.75) is 32.6 Å². The summed E-state index contributed by atoms with van der Waals surface area (Å²) in [4.78, 5) is 28.9. The number of hydrogen-bond acceptors (Lipinski definition) is 4. The lowest BCUT2D eigenvalue weighted by Crippen LogP contribution is -2.37. The van der Waals surface area contributed by atoms with Crippen molar-refractivity contribution in [1.29, 1.82) is 0 Å². The van der Waals surface area contributed by atoms with Gasteiger partial charge in [0.1, 0.15) is 0 Å². The van der Waals surface area contributed by atoms with Gasteiger partial charge in [-0.25, -0.2) is 4.98 Å². The van der Waals surface area contributed by atoms with Crippen LogP contribution >= 0.6 is 11.3 Å². The van der Waals surface area contributed by atoms with E-state index in [-0.39, 0.29) is 17.7 Å². The molecule has 2 aliphatic carbocycles. The molecule has 4 atom stereocenters. The molecule has 26 heavy (non-hydrogen) atoms. The van der Waals surface area contributed by atoms with Crippen LogP contribution in [0.15, 0.2) is 29.6 Å². The van der Waals surface area contributed by atoms with Gasteiger partial charge >= 0.3 is 5.97 Å². The molecule has 1 heterocycles. The Morgan fingerprint density at radius 3 is 2.54 bits per heavy atom. The molecule has 1 amide bonds. The van der Waals surface area contributed by atoms with E-state index in [9.17, 15) is 14.7 Å². The Morgan fingerprint density at radius 1 is 1.19 bits per heavy atom. The van der Waals surface area contributed by atoms with E-state index in [1.54, 1.807) is 0 Å². The van der Waals surface area contributed by atoms with Crippen molar-refractivity contribution >= 4 is 28.3 Å². The molecular weight excluding hydrogens is 348 g/mol. The van der Waals surface area contributed by atoms with Gasteiger partial charge in [0.2, 0.25) is 5.91 Å². The Bertz CT molecular complexity index is 830. The third kappa shape index (κ3) is 3.03. The van der Waals surface area contributed by atoms with Gasteiger partial charge < -0.3 is 10.4 Å². The molecule has 0 unspecified atom stereocenters. The number of rotatable bonds is 5. The molecular formula is C20H22N2O3S. The number of aliphatic carboxylic acids is 1. The molecule has 0 radical (unpaired) electrons. The maximum Gasteiger partial charge on any atom is 0.307 e. The first-order valence-corrected chi connectivity index (χ1v) is 10.0. The van der Waals surface area contributed by atoms with Crippen LogP contribution in [0.4, 0.5) is 5.13 Å². The van der Waals surface area contributed by atoms with E-state index < -0.39 is 17.8 Å². The summed E-state index contributed by atoms with van der Waals surface area (Å²) in [5.41, 5.74) is 3.12. The van der Waals surface area contributed by atoms with E-state index in [1.807, 2.05) is 17.5 Å². The second-order valence-electron chi connectivity index (χ2n) is 7.30. The summed E-state index contributed by atoms with van der Waals surface area (Å²) in [6, 6.07) is 8.24. The van der Waals surface area contributed by atoms with E-state index in [0.29, 0.717) is 5.13 Å². The maximum atomic E-state index is 12.7. The number of aryl methyl sites for hydroxylation is 1. The molecule has 5 nitrogen and oxygen atoms in total. The predicted octanol–water partition coefficient (Wildman–Crippen LogP) is 4.06. The number of nitrogens with zero attached hydrogens (tertiary/aromatic N) is 1. The van der Waals surface area contributed by atoms with Crippen molar-refractivity contribution in [2.24, 2.45) is 23.7 Å². The third-order valence-corrected chi connectivity index (χ3v) is 6.65. The molecule has 4 rings (SSSR count). The molecule has 2 fully saturated rings. The Balaban J connectivity index is 1.48. The maximum absolute atomic E-state index is 12.7. The van der Waals surface area contributed by atoms with Crippen LogP contribution in [0, 0.1) is 23.7 Å². The number of hydrogen-bond donors (Lipinski definition) is 2. The van der Waals surface area contributed by atoms with Gasteiger partial charge in [-0.05, 0) is 43.1 Å². The summed E-state index contributed by atoms with van der Waals surface area (Å²) in [6.07, 6.45) is 3.74. The summed E-state index contributed by atoms with van der Waals surface area (Å²) in [5.74, 6) is -1.66. The Morgan fingerprint density at radius 2 is 1.88 bits per heavy atom. The summed E-state index contributed by atoms with van der Waals surface area (Å²) in [7, 11) is 0. The molecule has 1 aromatic heterocycles. The average molecular weight is 370 g/mol. The first-order chi connectivity index (χ1) is 12.6. The predicted molar refractivity (Wildman–Crippen MR) is 101 cm³/mol. The fourth-order valence-corrected chi connectivity index (χ4v) is 5.31. The number of carboxylic acids is 1. The summed E-state index contributed by atoms with van der Waals surface area (Å²) in [5, 5.41) is 14.9. The summed E-state index contributed by atoms with van der Waals surface area (Å²) < 4.78 is 0. The van der Waals surface area contributed by atoms with Crippen LogP contribution < -0.4 is 5.32 Å². The van der Waals surface area contributed by atoms with Crippen molar-refractivity contribution in [3.63, 3.8) is 0 Å². The highest BCUT2D eigenvalue weighted by Gasteiger charge is 2.54. The molecule has 0 aliphatic heterocycles. The number of anilines is 1. The zero-order valence-electron chi connectivity index (χ0n) is 14.6.